The minimum Gasteiger partial charge on any atom is -0.394 e. The smallest absolute Gasteiger partial charge is 0.394 e. The van der Waals surface area contributed by atoms with Crippen LogP contribution in [-0.4, -0.2) is 57.9 Å². The van der Waals surface area contributed by atoms with Crippen LogP contribution >= 0.6 is 11.8 Å². The van der Waals surface area contributed by atoms with Gasteiger partial charge in [0, 0.05) is 11.9 Å². The molecule has 3 heterocycles. The summed E-state index contributed by atoms with van der Waals surface area (Å²) in [4.78, 5) is 21.9. The second kappa shape index (κ2) is 8.48. The van der Waals surface area contributed by atoms with Crippen molar-refractivity contribution in [3.8, 4) is 0 Å². The zero-order chi connectivity index (χ0) is 24.0. The van der Waals surface area contributed by atoms with Crippen molar-refractivity contribution in [3.63, 3.8) is 0 Å². The minimum absolute atomic E-state index is 0.157. The maximum absolute atomic E-state index is 13.4. The van der Waals surface area contributed by atoms with Gasteiger partial charge in [0.2, 0.25) is 5.96 Å². The molecule has 7 nitrogen and oxygen atoms in total. The van der Waals surface area contributed by atoms with Gasteiger partial charge >= 0.3 is 6.18 Å². The highest BCUT2D eigenvalue weighted by atomic mass is 32.2. The second-order valence-corrected chi connectivity index (χ2v) is 9.07. The summed E-state index contributed by atoms with van der Waals surface area (Å²) in [5.74, 6) is 0.579. The maximum atomic E-state index is 13.4. The minimum atomic E-state index is -4.41. The summed E-state index contributed by atoms with van der Waals surface area (Å²) in [5, 5.41) is 14.9. The number of hydrogen-bond acceptors (Lipinski definition) is 6. The summed E-state index contributed by atoms with van der Waals surface area (Å²) in [6.07, 6.45) is -4.41. The average Bonchev–Trinajstić information content (AvgIpc) is 3.40. The Morgan fingerprint density at radius 3 is 2.47 bits per heavy atom. The number of carbonyl (C=O) groups excluding carboxylic acids is 1. The molecule has 0 unspecified atom stereocenters. The van der Waals surface area contributed by atoms with Crippen molar-refractivity contribution in [2.45, 2.75) is 28.7 Å². The molecule has 0 fully saturated rings. The molecule has 3 aromatic rings. The lowest BCUT2D eigenvalue weighted by atomic mass is 10.1. The summed E-state index contributed by atoms with van der Waals surface area (Å²) >= 11 is 1.37. The highest BCUT2D eigenvalue weighted by Crippen LogP contribution is 2.40. The average molecular weight is 488 g/mol. The molecule has 2 aliphatic rings. The lowest BCUT2D eigenvalue weighted by Crippen LogP contribution is -2.48. The Morgan fingerprint density at radius 2 is 1.82 bits per heavy atom. The van der Waals surface area contributed by atoms with E-state index in [0.717, 1.165) is 17.0 Å². The zero-order valence-electron chi connectivity index (χ0n) is 18.0. The molecular formula is C23H20F3N5O2S. The molecule has 176 valence electrons. The Hall–Kier alpha value is -3.31. The number of amides is 1. The van der Waals surface area contributed by atoms with E-state index in [4.69, 9.17) is 5.10 Å². The van der Waals surface area contributed by atoms with Gasteiger partial charge in [-0.2, -0.15) is 18.3 Å². The molecule has 1 N–H and O–H groups in total. The van der Waals surface area contributed by atoms with Crippen molar-refractivity contribution in [1.29, 1.82) is 0 Å². The predicted molar refractivity (Wildman–Crippen MR) is 121 cm³/mol. The number of fused-ring (bicyclic) bond motifs is 3. The lowest BCUT2D eigenvalue weighted by molar-refractivity contribution is -0.137. The van der Waals surface area contributed by atoms with Crippen LogP contribution in [0.1, 0.15) is 21.5 Å². The summed E-state index contributed by atoms with van der Waals surface area (Å²) in [6.45, 7) is 0.402. The number of aliphatic imine (C=N–C) groups is 1. The predicted octanol–water partition coefficient (Wildman–Crippen LogP) is 3.72. The van der Waals surface area contributed by atoms with Gasteiger partial charge in [-0.3, -0.25) is 19.3 Å². The maximum Gasteiger partial charge on any atom is 0.416 e. The normalized spacial score (nSPS) is 17.6. The Morgan fingerprint density at radius 1 is 1.12 bits per heavy atom. The molecular weight excluding hydrogens is 467 g/mol. The topological polar surface area (TPSA) is 74.0 Å². The van der Waals surface area contributed by atoms with E-state index in [-0.39, 0.29) is 25.1 Å². The largest absolute Gasteiger partial charge is 0.416 e. The number of halogens is 3. The number of anilines is 1. The number of aromatic nitrogens is 2. The molecule has 2 aliphatic heterocycles. The van der Waals surface area contributed by atoms with Crippen LogP contribution < -0.4 is 4.90 Å². The van der Waals surface area contributed by atoms with Crippen molar-refractivity contribution in [2.75, 3.05) is 25.1 Å². The van der Waals surface area contributed by atoms with Crippen molar-refractivity contribution in [1.82, 2.24) is 14.7 Å². The summed E-state index contributed by atoms with van der Waals surface area (Å²) in [6, 6.07) is 14.0. The fourth-order valence-electron chi connectivity index (χ4n) is 3.97. The fourth-order valence-corrected chi connectivity index (χ4v) is 4.97. The van der Waals surface area contributed by atoms with Gasteiger partial charge in [0.1, 0.15) is 10.6 Å². The van der Waals surface area contributed by atoms with Crippen molar-refractivity contribution >= 4 is 29.4 Å². The Kier molecular flexibility index (Phi) is 5.61. The van der Waals surface area contributed by atoms with Gasteiger partial charge in [-0.1, -0.05) is 42.1 Å². The van der Waals surface area contributed by atoms with Gasteiger partial charge in [-0.05, 0) is 29.8 Å². The highest BCUT2D eigenvalue weighted by Gasteiger charge is 2.42. The van der Waals surface area contributed by atoms with Crippen LogP contribution in [0.5, 0.6) is 0 Å². The zero-order valence-corrected chi connectivity index (χ0v) is 18.8. The van der Waals surface area contributed by atoms with Gasteiger partial charge in [0.05, 0.1) is 31.3 Å². The number of hydrogen-bond donors (Lipinski definition) is 1. The van der Waals surface area contributed by atoms with Gasteiger partial charge in [-0.25, -0.2) is 4.99 Å². The highest BCUT2D eigenvalue weighted by molar-refractivity contribution is 7.99. The van der Waals surface area contributed by atoms with E-state index in [0.29, 0.717) is 34.5 Å². The van der Waals surface area contributed by atoms with Crippen LogP contribution in [0.2, 0.25) is 0 Å². The van der Waals surface area contributed by atoms with Crippen LogP contribution in [0, 0.1) is 0 Å². The summed E-state index contributed by atoms with van der Waals surface area (Å²) in [5.41, 5.74) is 0.299. The van der Waals surface area contributed by atoms with E-state index in [1.54, 1.807) is 16.6 Å². The first kappa shape index (κ1) is 22.5. The van der Waals surface area contributed by atoms with Gasteiger partial charge in [-0.15, -0.1) is 0 Å². The molecule has 11 heteroatoms. The SMILES string of the molecule is CN1C(=O)c2c(nn(Cc3ccc(C(F)(F)F)cc3)c2Sc2ccccc2)N2C[C@@H](CO)N=C12. The lowest BCUT2D eigenvalue weighted by Gasteiger charge is -2.30. The molecule has 0 aliphatic carbocycles. The number of nitrogens with zero attached hydrogens (tertiary/aromatic N) is 5. The van der Waals surface area contributed by atoms with Crippen LogP contribution in [-0.2, 0) is 12.7 Å². The van der Waals surface area contributed by atoms with Gasteiger partial charge in [0.15, 0.2) is 5.82 Å². The van der Waals surface area contributed by atoms with Crippen LogP contribution in [0.4, 0.5) is 19.0 Å². The molecule has 1 atom stereocenters. The number of alkyl halides is 3. The van der Waals surface area contributed by atoms with Crippen LogP contribution in [0.25, 0.3) is 0 Å². The first-order chi connectivity index (χ1) is 16.3. The van der Waals surface area contributed by atoms with Crippen molar-refractivity contribution < 1.29 is 23.1 Å². The molecule has 1 amide bonds. The Labute approximate surface area is 197 Å². The first-order valence-corrected chi connectivity index (χ1v) is 11.3. The number of guanidine groups is 1. The third-order valence-electron chi connectivity index (χ3n) is 5.68. The fraction of sp³-hybridized carbons (Fsp3) is 0.261. The number of carbonyl (C=O) groups is 1. The first-order valence-electron chi connectivity index (χ1n) is 10.5. The molecule has 1 aromatic heterocycles. The second-order valence-electron chi connectivity index (χ2n) is 8.01. The number of aliphatic hydroxyl groups is 1. The van der Waals surface area contributed by atoms with E-state index in [2.05, 4.69) is 4.99 Å². The van der Waals surface area contributed by atoms with E-state index < -0.39 is 11.7 Å². The molecule has 2 aromatic carbocycles. The standard InChI is InChI=1S/C23H20F3N5O2S/c1-29-20(33)18-19(30-12-16(13-32)27-22(29)30)28-31(21(18)34-17-5-3-2-4-6-17)11-14-7-9-15(10-8-14)23(24,25)26/h2-10,16,32H,11-13H2,1H3/t16-/m0/s1. The number of aliphatic hydroxyl groups excluding tert-OH is 1. The molecule has 0 bridgehead atoms. The monoisotopic (exact) mass is 487 g/mol. The summed E-state index contributed by atoms with van der Waals surface area (Å²) in [7, 11) is 1.63. The third kappa shape index (κ3) is 3.94. The van der Waals surface area contributed by atoms with E-state index in [1.165, 1.54) is 28.8 Å². The Balaban J connectivity index is 1.58. The summed E-state index contributed by atoms with van der Waals surface area (Å²) < 4.78 is 40.6. The van der Waals surface area contributed by atoms with Crippen molar-refractivity contribution in [2.24, 2.45) is 4.99 Å². The van der Waals surface area contributed by atoms with E-state index in [9.17, 15) is 23.1 Å². The molecule has 0 saturated heterocycles. The van der Waals surface area contributed by atoms with Gasteiger partial charge in [0.25, 0.3) is 5.91 Å². The Bertz CT molecular complexity index is 1260. The molecule has 5 rings (SSSR count). The quantitative estimate of drug-likeness (QED) is 0.594. The molecule has 0 saturated carbocycles. The van der Waals surface area contributed by atoms with Crippen LogP contribution in [0.15, 0.2) is 69.5 Å². The van der Waals surface area contributed by atoms with Crippen LogP contribution in [0.3, 0.4) is 0 Å². The van der Waals surface area contributed by atoms with E-state index in [1.807, 2.05) is 30.3 Å². The molecule has 0 radical (unpaired) electrons. The number of rotatable bonds is 5. The molecule has 0 spiro atoms. The third-order valence-corrected chi connectivity index (χ3v) is 6.79. The van der Waals surface area contributed by atoms with Crippen molar-refractivity contribution in [3.05, 3.63) is 71.3 Å². The van der Waals surface area contributed by atoms with E-state index >= 15 is 0 Å². The van der Waals surface area contributed by atoms with Gasteiger partial charge < -0.3 is 5.11 Å². The number of benzene rings is 2. The molecule has 34 heavy (non-hydrogen) atoms.